The lowest BCUT2D eigenvalue weighted by molar-refractivity contribution is -0.118. The zero-order chi connectivity index (χ0) is 22.1. The number of amides is 2. The fraction of sp³-hybridized carbons (Fsp3) is 0.0870. The van der Waals surface area contributed by atoms with Gasteiger partial charge in [-0.3, -0.25) is 9.59 Å². The summed E-state index contributed by atoms with van der Waals surface area (Å²) >= 11 is 5.81. The third-order valence-corrected chi connectivity index (χ3v) is 4.34. The molecule has 2 N–H and O–H groups in total. The minimum atomic E-state index is -0.351. The second kappa shape index (κ2) is 10.8. The summed E-state index contributed by atoms with van der Waals surface area (Å²) in [5, 5.41) is 7.24. The SMILES string of the molecule is COc1ccc(NC(=O)COc2cccc(/C=N/NC(=O)c3ccc(Cl)cc3)c2)cc1. The second-order valence-electron chi connectivity index (χ2n) is 6.34. The van der Waals surface area contributed by atoms with Crippen LogP contribution in [-0.2, 0) is 4.79 Å². The molecule has 0 bridgehead atoms. The first-order valence-corrected chi connectivity index (χ1v) is 9.67. The van der Waals surface area contributed by atoms with Gasteiger partial charge in [-0.1, -0.05) is 23.7 Å². The molecular formula is C23H20ClN3O4. The van der Waals surface area contributed by atoms with E-state index in [4.69, 9.17) is 21.1 Å². The number of halogens is 1. The van der Waals surface area contributed by atoms with Crippen molar-refractivity contribution in [1.29, 1.82) is 0 Å². The molecular weight excluding hydrogens is 418 g/mol. The van der Waals surface area contributed by atoms with Gasteiger partial charge in [0.05, 0.1) is 13.3 Å². The molecule has 8 heteroatoms. The van der Waals surface area contributed by atoms with E-state index in [0.717, 1.165) is 0 Å². The van der Waals surface area contributed by atoms with Gasteiger partial charge in [0.15, 0.2) is 6.61 Å². The summed E-state index contributed by atoms with van der Waals surface area (Å²) in [4.78, 5) is 24.1. The molecule has 3 aromatic carbocycles. The number of rotatable bonds is 8. The third-order valence-electron chi connectivity index (χ3n) is 4.09. The zero-order valence-electron chi connectivity index (χ0n) is 16.7. The van der Waals surface area contributed by atoms with Crippen molar-refractivity contribution < 1.29 is 19.1 Å². The number of nitrogens with zero attached hydrogens (tertiary/aromatic N) is 1. The standard InChI is InChI=1S/C23H20ClN3O4/c1-30-20-11-9-19(10-12-20)26-22(28)15-31-21-4-2-3-16(13-21)14-25-27-23(29)17-5-7-18(24)8-6-17/h2-14H,15H2,1H3,(H,26,28)(H,27,29)/b25-14+. The summed E-state index contributed by atoms with van der Waals surface area (Å²) < 4.78 is 10.6. The van der Waals surface area contributed by atoms with Crippen LogP contribution in [0.4, 0.5) is 5.69 Å². The lowest BCUT2D eigenvalue weighted by Crippen LogP contribution is -2.20. The van der Waals surface area contributed by atoms with Crippen LogP contribution in [0.15, 0.2) is 77.9 Å². The van der Waals surface area contributed by atoms with Crippen molar-refractivity contribution in [3.8, 4) is 11.5 Å². The minimum Gasteiger partial charge on any atom is -0.497 e. The molecule has 0 heterocycles. The summed E-state index contributed by atoms with van der Waals surface area (Å²) in [5.41, 5.74) is 4.24. The molecule has 0 saturated carbocycles. The monoisotopic (exact) mass is 437 g/mol. The number of hydrazone groups is 1. The van der Waals surface area contributed by atoms with Crippen molar-refractivity contribution >= 4 is 35.3 Å². The topological polar surface area (TPSA) is 89.0 Å². The van der Waals surface area contributed by atoms with E-state index in [1.54, 1.807) is 79.9 Å². The zero-order valence-corrected chi connectivity index (χ0v) is 17.4. The number of nitrogens with one attached hydrogen (secondary N) is 2. The first-order chi connectivity index (χ1) is 15.0. The van der Waals surface area contributed by atoms with Gasteiger partial charge in [-0.25, -0.2) is 5.43 Å². The van der Waals surface area contributed by atoms with Gasteiger partial charge in [0.1, 0.15) is 11.5 Å². The normalized spacial score (nSPS) is 10.5. The molecule has 3 rings (SSSR count). The third kappa shape index (κ3) is 6.87. The van der Waals surface area contributed by atoms with Gasteiger partial charge in [-0.15, -0.1) is 0 Å². The molecule has 0 aliphatic carbocycles. The Hall–Kier alpha value is -3.84. The lowest BCUT2D eigenvalue weighted by atomic mass is 10.2. The molecule has 0 radical (unpaired) electrons. The Morgan fingerprint density at radius 2 is 1.74 bits per heavy atom. The predicted octanol–water partition coefficient (Wildman–Crippen LogP) is 4.13. The first kappa shape index (κ1) is 21.9. The minimum absolute atomic E-state index is 0.153. The van der Waals surface area contributed by atoms with Gasteiger partial charge in [-0.2, -0.15) is 5.10 Å². The quantitative estimate of drug-likeness (QED) is 0.409. The number of carbonyl (C=O) groups excluding carboxylic acids is 2. The van der Waals surface area contributed by atoms with Crippen LogP contribution in [0.3, 0.4) is 0 Å². The average molecular weight is 438 g/mol. The lowest BCUT2D eigenvalue weighted by Gasteiger charge is -2.08. The Balaban J connectivity index is 1.49. The van der Waals surface area contributed by atoms with Gasteiger partial charge in [-0.05, 0) is 66.2 Å². The van der Waals surface area contributed by atoms with Crippen LogP contribution in [0.1, 0.15) is 15.9 Å². The summed E-state index contributed by atoms with van der Waals surface area (Å²) in [6, 6.07) is 20.5. The highest BCUT2D eigenvalue weighted by atomic mass is 35.5. The molecule has 0 fully saturated rings. The molecule has 0 spiro atoms. The molecule has 31 heavy (non-hydrogen) atoms. The van der Waals surface area contributed by atoms with Gasteiger partial charge in [0.2, 0.25) is 0 Å². The fourth-order valence-corrected chi connectivity index (χ4v) is 2.66. The molecule has 158 valence electrons. The number of anilines is 1. The number of ether oxygens (including phenoxy) is 2. The Kier molecular flexibility index (Phi) is 7.61. The van der Waals surface area contributed by atoms with Crippen LogP contribution in [0.25, 0.3) is 0 Å². The molecule has 0 atom stereocenters. The molecule has 0 saturated heterocycles. The Bertz CT molecular complexity index is 1070. The molecule has 0 unspecified atom stereocenters. The fourth-order valence-electron chi connectivity index (χ4n) is 2.54. The van der Waals surface area contributed by atoms with Crippen molar-refractivity contribution in [3.05, 3.63) is 88.9 Å². The van der Waals surface area contributed by atoms with Crippen molar-refractivity contribution in [2.45, 2.75) is 0 Å². The van der Waals surface area contributed by atoms with Crippen LogP contribution in [0, 0.1) is 0 Å². The van der Waals surface area contributed by atoms with E-state index in [0.29, 0.717) is 33.3 Å². The van der Waals surface area contributed by atoms with E-state index in [2.05, 4.69) is 15.8 Å². The maximum Gasteiger partial charge on any atom is 0.271 e. The van der Waals surface area contributed by atoms with Crippen LogP contribution >= 0.6 is 11.6 Å². The van der Waals surface area contributed by atoms with Crippen molar-refractivity contribution in [2.24, 2.45) is 5.10 Å². The highest BCUT2D eigenvalue weighted by Crippen LogP contribution is 2.16. The average Bonchev–Trinajstić information content (AvgIpc) is 2.79. The Morgan fingerprint density at radius 1 is 1.00 bits per heavy atom. The van der Waals surface area contributed by atoms with E-state index in [-0.39, 0.29) is 18.4 Å². The van der Waals surface area contributed by atoms with E-state index in [1.165, 1.54) is 6.21 Å². The Morgan fingerprint density at radius 3 is 2.45 bits per heavy atom. The van der Waals surface area contributed by atoms with Gasteiger partial charge >= 0.3 is 0 Å². The number of benzene rings is 3. The van der Waals surface area contributed by atoms with Gasteiger partial charge in [0, 0.05) is 16.3 Å². The van der Waals surface area contributed by atoms with E-state index >= 15 is 0 Å². The molecule has 0 aromatic heterocycles. The van der Waals surface area contributed by atoms with Crippen LogP contribution < -0.4 is 20.2 Å². The number of carbonyl (C=O) groups is 2. The predicted molar refractivity (Wildman–Crippen MR) is 120 cm³/mol. The first-order valence-electron chi connectivity index (χ1n) is 9.29. The smallest absolute Gasteiger partial charge is 0.271 e. The van der Waals surface area contributed by atoms with Crippen LogP contribution in [-0.4, -0.2) is 31.7 Å². The molecule has 2 amide bonds. The molecule has 3 aromatic rings. The van der Waals surface area contributed by atoms with Gasteiger partial charge < -0.3 is 14.8 Å². The van der Waals surface area contributed by atoms with Crippen LogP contribution in [0.5, 0.6) is 11.5 Å². The molecule has 0 aliphatic heterocycles. The van der Waals surface area contributed by atoms with Crippen molar-refractivity contribution in [1.82, 2.24) is 5.43 Å². The molecule has 0 aliphatic rings. The Labute approximate surface area is 184 Å². The van der Waals surface area contributed by atoms with Crippen molar-refractivity contribution in [2.75, 3.05) is 19.0 Å². The number of hydrogen-bond acceptors (Lipinski definition) is 5. The number of methoxy groups -OCH3 is 1. The summed E-state index contributed by atoms with van der Waals surface area (Å²) in [5.74, 6) is 0.560. The van der Waals surface area contributed by atoms with Gasteiger partial charge in [0.25, 0.3) is 11.8 Å². The highest BCUT2D eigenvalue weighted by Gasteiger charge is 2.05. The molecule has 7 nitrogen and oxygen atoms in total. The van der Waals surface area contributed by atoms with Crippen molar-refractivity contribution in [3.63, 3.8) is 0 Å². The summed E-state index contributed by atoms with van der Waals surface area (Å²) in [6.07, 6.45) is 1.48. The second-order valence-corrected chi connectivity index (χ2v) is 6.78. The van der Waals surface area contributed by atoms with E-state index in [9.17, 15) is 9.59 Å². The maximum absolute atomic E-state index is 12.1. The van der Waals surface area contributed by atoms with E-state index < -0.39 is 0 Å². The van der Waals surface area contributed by atoms with Crippen LogP contribution in [0.2, 0.25) is 5.02 Å². The maximum atomic E-state index is 12.1. The number of hydrogen-bond donors (Lipinski definition) is 2. The summed E-state index contributed by atoms with van der Waals surface area (Å²) in [6.45, 7) is -0.153. The summed E-state index contributed by atoms with van der Waals surface area (Å²) in [7, 11) is 1.58. The largest absolute Gasteiger partial charge is 0.497 e. The van der Waals surface area contributed by atoms with E-state index in [1.807, 2.05) is 0 Å². The highest BCUT2D eigenvalue weighted by molar-refractivity contribution is 6.30.